The van der Waals surface area contributed by atoms with Gasteiger partial charge in [-0.15, -0.1) is 0 Å². The van der Waals surface area contributed by atoms with E-state index in [0.717, 1.165) is 24.8 Å². The van der Waals surface area contributed by atoms with E-state index in [9.17, 15) is 10.1 Å². The fourth-order valence-electron chi connectivity index (χ4n) is 2.38. The molecule has 1 aliphatic carbocycles. The molecule has 1 fully saturated rings. The minimum atomic E-state index is -0.550. The molecule has 19 heavy (non-hydrogen) atoms. The van der Waals surface area contributed by atoms with Gasteiger partial charge in [-0.25, -0.2) is 0 Å². The lowest BCUT2D eigenvalue weighted by Gasteiger charge is -2.43. The summed E-state index contributed by atoms with van der Waals surface area (Å²) in [5.74, 6) is 0.0289. The molecule has 0 spiro atoms. The normalized spacial score (nSPS) is 16.3. The van der Waals surface area contributed by atoms with Crippen molar-refractivity contribution < 1.29 is 4.79 Å². The van der Waals surface area contributed by atoms with Gasteiger partial charge in [0.1, 0.15) is 5.54 Å². The van der Waals surface area contributed by atoms with E-state index < -0.39 is 5.54 Å². The van der Waals surface area contributed by atoms with Gasteiger partial charge in [0, 0.05) is 18.5 Å². The molecular weight excluding hydrogens is 260 g/mol. The Morgan fingerprint density at radius 2 is 2.26 bits per heavy atom. The fraction of sp³-hybridized carbons (Fsp3) is 0.467. The largest absolute Gasteiger partial charge is 0.327 e. The summed E-state index contributed by atoms with van der Waals surface area (Å²) in [5, 5.41) is 9.90. The summed E-state index contributed by atoms with van der Waals surface area (Å²) in [4.78, 5) is 13.8. The number of halogens is 1. The third kappa shape index (κ3) is 2.90. The minimum Gasteiger partial charge on any atom is -0.327 e. The van der Waals surface area contributed by atoms with E-state index in [-0.39, 0.29) is 5.91 Å². The highest BCUT2D eigenvalue weighted by atomic mass is 35.5. The number of rotatable bonds is 4. The van der Waals surface area contributed by atoms with Crippen LogP contribution in [0.5, 0.6) is 0 Å². The Morgan fingerprint density at radius 3 is 2.79 bits per heavy atom. The van der Waals surface area contributed by atoms with Gasteiger partial charge >= 0.3 is 0 Å². The monoisotopic (exact) mass is 276 g/mol. The van der Waals surface area contributed by atoms with E-state index >= 15 is 0 Å². The molecule has 100 valence electrons. The number of nitriles is 1. The van der Waals surface area contributed by atoms with E-state index in [4.69, 9.17) is 11.6 Å². The van der Waals surface area contributed by atoms with Gasteiger partial charge in [-0.3, -0.25) is 4.79 Å². The summed E-state index contributed by atoms with van der Waals surface area (Å²) in [7, 11) is 1.74. The van der Waals surface area contributed by atoms with E-state index in [1.54, 1.807) is 11.9 Å². The molecule has 1 aliphatic rings. The van der Waals surface area contributed by atoms with Crippen LogP contribution < -0.4 is 0 Å². The first kappa shape index (κ1) is 13.9. The fourth-order valence-corrected chi connectivity index (χ4v) is 2.60. The van der Waals surface area contributed by atoms with Crippen molar-refractivity contribution in [1.82, 2.24) is 4.90 Å². The SMILES string of the molecule is CN(C(=O)CCc1cccc(Cl)c1)C1(C#N)CCC1. The van der Waals surface area contributed by atoms with E-state index in [1.807, 2.05) is 24.3 Å². The highest BCUT2D eigenvalue weighted by Crippen LogP contribution is 2.36. The van der Waals surface area contributed by atoms with Crippen molar-refractivity contribution in [3.63, 3.8) is 0 Å². The zero-order chi connectivity index (χ0) is 13.9. The van der Waals surface area contributed by atoms with Crippen molar-refractivity contribution in [2.75, 3.05) is 7.05 Å². The molecular formula is C15H17ClN2O. The molecule has 0 saturated heterocycles. The molecule has 2 rings (SSSR count). The second-order valence-corrected chi connectivity index (χ2v) is 5.52. The number of carbonyl (C=O) groups is 1. The second-order valence-electron chi connectivity index (χ2n) is 5.08. The third-order valence-electron chi connectivity index (χ3n) is 3.92. The quantitative estimate of drug-likeness (QED) is 0.848. The molecule has 0 aliphatic heterocycles. The summed E-state index contributed by atoms with van der Waals surface area (Å²) < 4.78 is 0. The van der Waals surface area contributed by atoms with E-state index in [2.05, 4.69) is 6.07 Å². The van der Waals surface area contributed by atoms with E-state index in [0.29, 0.717) is 17.9 Å². The van der Waals surface area contributed by atoms with Gasteiger partial charge in [0.05, 0.1) is 6.07 Å². The van der Waals surface area contributed by atoms with Gasteiger partial charge in [-0.1, -0.05) is 23.7 Å². The lowest BCUT2D eigenvalue weighted by atomic mass is 9.76. The molecule has 1 aromatic rings. The summed E-state index contributed by atoms with van der Waals surface area (Å²) >= 11 is 5.91. The van der Waals surface area contributed by atoms with Gasteiger partial charge in [0.25, 0.3) is 0 Å². The molecule has 4 heteroatoms. The number of aryl methyl sites for hydroxylation is 1. The van der Waals surface area contributed by atoms with Crippen molar-refractivity contribution >= 4 is 17.5 Å². The maximum absolute atomic E-state index is 12.1. The molecule has 0 radical (unpaired) electrons. The zero-order valence-electron chi connectivity index (χ0n) is 11.0. The van der Waals surface area contributed by atoms with E-state index in [1.165, 1.54) is 0 Å². The lowest BCUT2D eigenvalue weighted by Crippen LogP contribution is -2.53. The molecule has 1 aromatic carbocycles. The average molecular weight is 277 g/mol. The highest BCUT2D eigenvalue weighted by molar-refractivity contribution is 6.30. The van der Waals surface area contributed by atoms with Gasteiger partial charge in [-0.05, 0) is 43.4 Å². The Bertz CT molecular complexity index is 517. The standard InChI is InChI=1S/C15H17ClN2O/c1-18(15(11-17)8-3-9-15)14(19)7-6-12-4-2-5-13(16)10-12/h2,4-5,10H,3,6-9H2,1H3. The maximum Gasteiger partial charge on any atom is 0.223 e. The van der Waals surface area contributed by atoms with Crippen LogP contribution in [0.3, 0.4) is 0 Å². The van der Waals surface area contributed by atoms with Crippen LogP contribution in [0.4, 0.5) is 0 Å². The van der Waals surface area contributed by atoms with Gasteiger partial charge in [0.2, 0.25) is 5.91 Å². The predicted molar refractivity (Wildman–Crippen MR) is 74.7 cm³/mol. The summed E-state index contributed by atoms with van der Waals surface area (Å²) in [6.45, 7) is 0. The Labute approximate surface area is 118 Å². The van der Waals surface area contributed by atoms with Crippen LogP contribution in [0.25, 0.3) is 0 Å². The van der Waals surface area contributed by atoms with Gasteiger partial charge in [-0.2, -0.15) is 5.26 Å². The highest BCUT2D eigenvalue weighted by Gasteiger charge is 2.43. The molecule has 0 unspecified atom stereocenters. The first-order valence-electron chi connectivity index (χ1n) is 6.50. The van der Waals surface area contributed by atoms with Crippen molar-refractivity contribution in [3.8, 4) is 6.07 Å². The molecule has 3 nitrogen and oxygen atoms in total. The second kappa shape index (κ2) is 5.63. The van der Waals surface area contributed by atoms with Crippen LogP contribution in [-0.2, 0) is 11.2 Å². The zero-order valence-corrected chi connectivity index (χ0v) is 11.8. The van der Waals surface area contributed by atoms with Gasteiger partial charge in [0.15, 0.2) is 0 Å². The van der Waals surface area contributed by atoms with Crippen molar-refractivity contribution in [2.45, 2.75) is 37.6 Å². The maximum atomic E-state index is 12.1. The topological polar surface area (TPSA) is 44.1 Å². The van der Waals surface area contributed by atoms with Gasteiger partial charge < -0.3 is 4.90 Å². The number of hydrogen-bond donors (Lipinski definition) is 0. The Morgan fingerprint density at radius 1 is 1.53 bits per heavy atom. The molecule has 0 atom stereocenters. The van der Waals surface area contributed by atoms with Crippen molar-refractivity contribution in [1.29, 1.82) is 5.26 Å². The summed E-state index contributed by atoms with van der Waals surface area (Å²) in [6, 6.07) is 9.82. The van der Waals surface area contributed by atoms with Crippen LogP contribution in [0.2, 0.25) is 5.02 Å². The number of amides is 1. The third-order valence-corrected chi connectivity index (χ3v) is 4.16. The Kier molecular flexibility index (Phi) is 4.11. The smallest absolute Gasteiger partial charge is 0.223 e. The summed E-state index contributed by atoms with van der Waals surface area (Å²) in [6.07, 6.45) is 3.69. The molecule has 1 amide bonds. The number of nitrogens with zero attached hydrogens (tertiary/aromatic N) is 2. The molecule has 0 heterocycles. The average Bonchev–Trinajstić information content (AvgIpc) is 2.35. The summed E-state index contributed by atoms with van der Waals surface area (Å²) in [5.41, 5.74) is 0.500. The lowest BCUT2D eigenvalue weighted by molar-refractivity contribution is -0.136. The van der Waals surface area contributed by atoms with Crippen LogP contribution in [0, 0.1) is 11.3 Å². The van der Waals surface area contributed by atoms with Crippen LogP contribution in [-0.4, -0.2) is 23.4 Å². The minimum absolute atomic E-state index is 0.0289. The van der Waals surface area contributed by atoms with Crippen LogP contribution in [0.15, 0.2) is 24.3 Å². The van der Waals surface area contributed by atoms with Crippen LogP contribution >= 0.6 is 11.6 Å². The number of carbonyl (C=O) groups excluding carboxylic acids is 1. The molecule has 0 aromatic heterocycles. The molecule has 0 N–H and O–H groups in total. The Balaban J connectivity index is 1.93. The Hall–Kier alpha value is -1.53. The number of benzene rings is 1. The van der Waals surface area contributed by atoms with Crippen LogP contribution in [0.1, 0.15) is 31.2 Å². The van der Waals surface area contributed by atoms with Crippen molar-refractivity contribution in [2.24, 2.45) is 0 Å². The molecule has 1 saturated carbocycles. The predicted octanol–water partition coefficient (Wildman–Crippen LogP) is 3.18. The first-order valence-corrected chi connectivity index (χ1v) is 6.87. The van der Waals surface area contributed by atoms with Crippen molar-refractivity contribution in [3.05, 3.63) is 34.9 Å². The molecule has 0 bridgehead atoms. The number of hydrogen-bond acceptors (Lipinski definition) is 2. The first-order chi connectivity index (χ1) is 9.07.